The molecule has 86 valence electrons. The summed E-state index contributed by atoms with van der Waals surface area (Å²) in [5.41, 5.74) is 0.881. The zero-order valence-corrected chi connectivity index (χ0v) is 10.5. The fourth-order valence-electron chi connectivity index (χ4n) is 1.52. The van der Waals surface area contributed by atoms with Crippen LogP contribution in [0, 0.1) is 0 Å². The molecule has 2 aromatic rings. The Hall–Kier alpha value is -1.30. The van der Waals surface area contributed by atoms with Gasteiger partial charge in [-0.25, -0.2) is 9.97 Å². The van der Waals surface area contributed by atoms with E-state index in [0.717, 1.165) is 34.2 Å². The van der Waals surface area contributed by atoms with Crippen LogP contribution in [0.4, 0.5) is 5.82 Å². The summed E-state index contributed by atoms with van der Waals surface area (Å²) in [6, 6.07) is 0. The molecule has 0 bridgehead atoms. The molecule has 2 heterocycles. The Morgan fingerprint density at radius 3 is 2.94 bits per heavy atom. The lowest BCUT2D eigenvalue weighted by Crippen LogP contribution is -2.02. The van der Waals surface area contributed by atoms with E-state index in [4.69, 9.17) is 0 Å². The molecule has 16 heavy (non-hydrogen) atoms. The Labute approximate surface area is 98.7 Å². The van der Waals surface area contributed by atoms with E-state index in [9.17, 15) is 0 Å². The van der Waals surface area contributed by atoms with Crippen molar-refractivity contribution in [1.82, 2.24) is 19.7 Å². The molecule has 0 saturated carbocycles. The molecule has 0 saturated heterocycles. The maximum Gasteiger partial charge on any atom is 0.163 e. The quantitative estimate of drug-likeness (QED) is 0.876. The molecule has 0 unspecified atom stereocenters. The SMILES string of the molecule is CCSCc1nc(NC)c2cnn(C)c2n1. The van der Waals surface area contributed by atoms with Gasteiger partial charge in [-0.15, -0.1) is 0 Å². The molecule has 2 aromatic heterocycles. The number of nitrogens with zero attached hydrogens (tertiary/aromatic N) is 4. The maximum atomic E-state index is 4.51. The van der Waals surface area contributed by atoms with Crippen LogP contribution >= 0.6 is 11.8 Å². The van der Waals surface area contributed by atoms with Gasteiger partial charge in [-0.3, -0.25) is 4.68 Å². The molecule has 5 nitrogen and oxygen atoms in total. The zero-order chi connectivity index (χ0) is 11.5. The van der Waals surface area contributed by atoms with Crippen molar-refractivity contribution in [3.05, 3.63) is 12.0 Å². The van der Waals surface area contributed by atoms with E-state index in [1.54, 1.807) is 10.9 Å². The van der Waals surface area contributed by atoms with Gasteiger partial charge in [-0.05, 0) is 5.75 Å². The number of fused-ring (bicyclic) bond motifs is 1. The predicted octanol–water partition coefficient (Wildman–Crippen LogP) is 1.66. The average Bonchev–Trinajstić information content (AvgIpc) is 2.68. The van der Waals surface area contributed by atoms with Gasteiger partial charge in [-0.2, -0.15) is 16.9 Å². The average molecular weight is 237 g/mol. The van der Waals surface area contributed by atoms with Crippen LogP contribution in [0.5, 0.6) is 0 Å². The van der Waals surface area contributed by atoms with Crippen molar-refractivity contribution in [1.29, 1.82) is 0 Å². The largest absolute Gasteiger partial charge is 0.372 e. The molecule has 0 spiro atoms. The van der Waals surface area contributed by atoms with Crippen LogP contribution in [-0.2, 0) is 12.8 Å². The molecular formula is C10H15N5S. The van der Waals surface area contributed by atoms with Gasteiger partial charge in [0.1, 0.15) is 11.6 Å². The summed E-state index contributed by atoms with van der Waals surface area (Å²) < 4.78 is 1.78. The van der Waals surface area contributed by atoms with Gasteiger partial charge in [-0.1, -0.05) is 6.92 Å². The molecular weight excluding hydrogens is 222 g/mol. The second kappa shape index (κ2) is 4.69. The van der Waals surface area contributed by atoms with E-state index in [2.05, 4.69) is 27.3 Å². The van der Waals surface area contributed by atoms with E-state index in [1.807, 2.05) is 25.9 Å². The van der Waals surface area contributed by atoms with Crippen molar-refractivity contribution in [2.75, 3.05) is 18.1 Å². The number of nitrogens with one attached hydrogen (secondary N) is 1. The molecule has 0 aliphatic rings. The van der Waals surface area contributed by atoms with Gasteiger partial charge >= 0.3 is 0 Å². The monoisotopic (exact) mass is 237 g/mol. The topological polar surface area (TPSA) is 55.6 Å². The smallest absolute Gasteiger partial charge is 0.163 e. The summed E-state index contributed by atoms with van der Waals surface area (Å²) in [6.45, 7) is 2.13. The highest BCUT2D eigenvalue weighted by atomic mass is 32.2. The number of hydrogen-bond acceptors (Lipinski definition) is 5. The van der Waals surface area contributed by atoms with E-state index in [1.165, 1.54) is 0 Å². The molecule has 0 amide bonds. The Kier molecular flexibility index (Phi) is 3.28. The van der Waals surface area contributed by atoms with Gasteiger partial charge in [0.25, 0.3) is 0 Å². The molecule has 0 aliphatic carbocycles. The van der Waals surface area contributed by atoms with Gasteiger partial charge in [0, 0.05) is 14.1 Å². The molecule has 6 heteroatoms. The van der Waals surface area contributed by atoms with Crippen LogP contribution in [0.15, 0.2) is 6.20 Å². The van der Waals surface area contributed by atoms with Gasteiger partial charge in [0.2, 0.25) is 0 Å². The molecule has 1 N–H and O–H groups in total. The first-order valence-corrected chi connectivity index (χ1v) is 6.35. The fourth-order valence-corrected chi connectivity index (χ4v) is 2.03. The summed E-state index contributed by atoms with van der Waals surface area (Å²) in [5, 5.41) is 8.25. The molecule has 0 radical (unpaired) electrons. The van der Waals surface area contributed by atoms with Crippen LogP contribution in [0.1, 0.15) is 12.7 Å². The van der Waals surface area contributed by atoms with Gasteiger partial charge < -0.3 is 5.32 Å². The third kappa shape index (κ3) is 1.97. The fraction of sp³-hybridized carbons (Fsp3) is 0.500. The Morgan fingerprint density at radius 1 is 1.44 bits per heavy atom. The highest BCUT2D eigenvalue weighted by Crippen LogP contribution is 2.20. The van der Waals surface area contributed by atoms with E-state index in [0.29, 0.717) is 0 Å². The van der Waals surface area contributed by atoms with Crippen LogP contribution in [-0.4, -0.2) is 32.5 Å². The number of rotatable bonds is 4. The summed E-state index contributed by atoms with van der Waals surface area (Å²) in [6.07, 6.45) is 1.79. The molecule has 0 atom stereocenters. The highest BCUT2D eigenvalue weighted by molar-refractivity contribution is 7.98. The predicted molar refractivity (Wildman–Crippen MR) is 67.7 cm³/mol. The number of aryl methyl sites for hydroxylation is 1. The molecule has 0 aromatic carbocycles. The molecule has 2 rings (SSSR count). The number of aromatic nitrogens is 4. The third-order valence-electron chi connectivity index (χ3n) is 2.31. The van der Waals surface area contributed by atoms with Crippen LogP contribution in [0.25, 0.3) is 11.0 Å². The van der Waals surface area contributed by atoms with Crippen LogP contribution < -0.4 is 5.32 Å². The first kappa shape index (κ1) is 11.2. The van der Waals surface area contributed by atoms with Crippen LogP contribution in [0.2, 0.25) is 0 Å². The summed E-state index contributed by atoms with van der Waals surface area (Å²) in [5.74, 6) is 3.62. The van der Waals surface area contributed by atoms with Crippen molar-refractivity contribution in [2.24, 2.45) is 7.05 Å². The first-order chi connectivity index (χ1) is 7.76. The Morgan fingerprint density at radius 2 is 2.25 bits per heavy atom. The van der Waals surface area contributed by atoms with E-state index < -0.39 is 0 Å². The maximum absolute atomic E-state index is 4.51. The lowest BCUT2D eigenvalue weighted by atomic mass is 10.4. The minimum absolute atomic E-state index is 0.840. The van der Waals surface area contributed by atoms with Crippen molar-refractivity contribution in [3.8, 4) is 0 Å². The van der Waals surface area contributed by atoms with Gasteiger partial charge in [0.15, 0.2) is 5.65 Å². The van der Waals surface area contributed by atoms with E-state index >= 15 is 0 Å². The lowest BCUT2D eigenvalue weighted by molar-refractivity contribution is 0.782. The number of anilines is 1. The lowest BCUT2D eigenvalue weighted by Gasteiger charge is -2.05. The minimum Gasteiger partial charge on any atom is -0.372 e. The minimum atomic E-state index is 0.840. The zero-order valence-electron chi connectivity index (χ0n) is 9.69. The normalized spacial score (nSPS) is 10.9. The summed E-state index contributed by atoms with van der Waals surface area (Å²) in [4.78, 5) is 8.98. The first-order valence-electron chi connectivity index (χ1n) is 5.20. The molecule has 0 aliphatic heterocycles. The van der Waals surface area contributed by atoms with Crippen molar-refractivity contribution >= 4 is 28.6 Å². The third-order valence-corrected chi connectivity index (χ3v) is 3.18. The van der Waals surface area contributed by atoms with Crippen molar-refractivity contribution in [2.45, 2.75) is 12.7 Å². The number of thioether (sulfide) groups is 1. The van der Waals surface area contributed by atoms with Crippen molar-refractivity contribution in [3.63, 3.8) is 0 Å². The highest BCUT2D eigenvalue weighted by Gasteiger charge is 2.09. The second-order valence-corrected chi connectivity index (χ2v) is 4.66. The van der Waals surface area contributed by atoms with Crippen LogP contribution in [0.3, 0.4) is 0 Å². The Bertz CT molecular complexity index is 493. The van der Waals surface area contributed by atoms with E-state index in [-0.39, 0.29) is 0 Å². The second-order valence-electron chi connectivity index (χ2n) is 3.38. The van der Waals surface area contributed by atoms with Crippen molar-refractivity contribution < 1.29 is 0 Å². The number of hydrogen-bond donors (Lipinski definition) is 1. The standard InChI is InChI=1S/C10H15N5S/c1-4-16-6-8-13-9(11-2)7-5-12-15(3)10(7)14-8/h5H,4,6H2,1-3H3,(H,11,13,14). The van der Waals surface area contributed by atoms with Gasteiger partial charge in [0.05, 0.1) is 17.3 Å². The molecule has 0 fully saturated rings. The Balaban J connectivity index is 2.48. The summed E-state index contributed by atoms with van der Waals surface area (Å²) >= 11 is 1.81. The summed E-state index contributed by atoms with van der Waals surface area (Å²) in [7, 11) is 3.76.